The van der Waals surface area contributed by atoms with Gasteiger partial charge in [-0.3, -0.25) is 0 Å². The quantitative estimate of drug-likeness (QED) is 0.876. The number of hydrogen-bond acceptors (Lipinski definition) is 4. The monoisotopic (exact) mass is 277 g/mol. The Morgan fingerprint density at radius 2 is 2.21 bits per heavy atom. The van der Waals surface area contributed by atoms with Crippen molar-refractivity contribution in [1.82, 2.24) is 9.97 Å². The Morgan fingerprint density at radius 3 is 3.05 bits per heavy atom. The summed E-state index contributed by atoms with van der Waals surface area (Å²) in [6, 6.07) is 7.88. The summed E-state index contributed by atoms with van der Waals surface area (Å²) in [6.07, 6.45) is 2.33. The molecule has 1 aliphatic rings. The molecule has 1 unspecified atom stereocenters. The molecule has 5 heteroatoms. The molecule has 2 aromatic rings. The minimum Gasteiger partial charge on any atom is -0.381 e. The summed E-state index contributed by atoms with van der Waals surface area (Å²) in [5.41, 5.74) is 0.866. The molecule has 0 amide bonds. The lowest BCUT2D eigenvalue weighted by atomic mass is 10.0. The number of para-hydroxylation sites is 1. The second-order valence-corrected chi connectivity index (χ2v) is 5.16. The van der Waals surface area contributed by atoms with Crippen molar-refractivity contribution in [2.75, 3.05) is 25.1 Å². The van der Waals surface area contributed by atoms with Crippen molar-refractivity contribution in [3.8, 4) is 0 Å². The fourth-order valence-corrected chi connectivity index (χ4v) is 2.57. The van der Waals surface area contributed by atoms with Crippen LogP contribution in [-0.2, 0) is 4.74 Å². The van der Waals surface area contributed by atoms with Crippen molar-refractivity contribution in [1.29, 1.82) is 0 Å². The zero-order valence-electron chi connectivity index (χ0n) is 10.6. The van der Waals surface area contributed by atoms with E-state index in [1.807, 2.05) is 24.3 Å². The van der Waals surface area contributed by atoms with Crippen LogP contribution in [0.4, 0.5) is 5.82 Å². The van der Waals surface area contributed by atoms with Crippen LogP contribution in [0, 0.1) is 5.92 Å². The summed E-state index contributed by atoms with van der Waals surface area (Å²) in [5, 5.41) is 4.66. The third-order valence-electron chi connectivity index (χ3n) is 3.39. The first-order chi connectivity index (χ1) is 9.33. The second-order valence-electron chi connectivity index (χ2n) is 4.82. The molecular formula is C14H16ClN3O. The fourth-order valence-electron chi connectivity index (χ4n) is 2.39. The van der Waals surface area contributed by atoms with Gasteiger partial charge in [0.2, 0.25) is 5.28 Å². The zero-order valence-corrected chi connectivity index (χ0v) is 11.4. The third kappa shape index (κ3) is 2.96. The smallest absolute Gasteiger partial charge is 0.224 e. The van der Waals surface area contributed by atoms with Gasteiger partial charge in [0, 0.05) is 18.5 Å². The number of nitrogens with zero attached hydrogens (tertiary/aromatic N) is 2. The van der Waals surface area contributed by atoms with E-state index < -0.39 is 0 Å². The Morgan fingerprint density at radius 1 is 1.32 bits per heavy atom. The van der Waals surface area contributed by atoms with E-state index in [9.17, 15) is 0 Å². The molecule has 4 nitrogen and oxygen atoms in total. The van der Waals surface area contributed by atoms with Gasteiger partial charge in [-0.15, -0.1) is 0 Å². The van der Waals surface area contributed by atoms with E-state index in [2.05, 4.69) is 15.3 Å². The summed E-state index contributed by atoms with van der Waals surface area (Å²) >= 11 is 5.96. The molecule has 100 valence electrons. The molecule has 0 bridgehead atoms. The number of ether oxygens (including phenoxy) is 1. The number of aromatic nitrogens is 2. The third-order valence-corrected chi connectivity index (χ3v) is 3.56. The van der Waals surface area contributed by atoms with Crippen molar-refractivity contribution >= 4 is 28.3 Å². The molecule has 1 N–H and O–H groups in total. The number of rotatable bonds is 3. The molecule has 0 radical (unpaired) electrons. The first kappa shape index (κ1) is 12.6. The predicted octanol–water partition coefficient (Wildman–Crippen LogP) is 3.12. The number of hydrogen-bond donors (Lipinski definition) is 1. The van der Waals surface area contributed by atoms with Crippen molar-refractivity contribution in [3.63, 3.8) is 0 Å². The summed E-state index contributed by atoms with van der Waals surface area (Å²) in [7, 11) is 0. The summed E-state index contributed by atoms with van der Waals surface area (Å²) in [6.45, 7) is 2.57. The van der Waals surface area contributed by atoms with Crippen LogP contribution in [0.2, 0.25) is 5.28 Å². The predicted molar refractivity (Wildman–Crippen MR) is 76.6 cm³/mol. The molecule has 0 saturated carbocycles. The Hall–Kier alpha value is -1.39. The van der Waals surface area contributed by atoms with E-state index in [1.165, 1.54) is 6.42 Å². The van der Waals surface area contributed by atoms with Crippen LogP contribution >= 0.6 is 11.6 Å². The Bertz CT molecular complexity index is 570. The summed E-state index contributed by atoms with van der Waals surface area (Å²) < 4.78 is 5.48. The van der Waals surface area contributed by atoms with Gasteiger partial charge in [0.25, 0.3) is 0 Å². The normalized spacial score (nSPS) is 19.5. The van der Waals surface area contributed by atoms with E-state index in [0.29, 0.717) is 5.92 Å². The highest BCUT2D eigenvalue weighted by molar-refractivity contribution is 6.28. The molecule has 2 heterocycles. The number of fused-ring (bicyclic) bond motifs is 1. The minimum atomic E-state index is 0.279. The Kier molecular flexibility index (Phi) is 3.80. The number of halogens is 1. The summed E-state index contributed by atoms with van der Waals surface area (Å²) in [5.74, 6) is 1.35. The molecule has 1 aliphatic heterocycles. The lowest BCUT2D eigenvalue weighted by Crippen LogP contribution is -2.24. The van der Waals surface area contributed by atoms with Gasteiger partial charge in [-0.1, -0.05) is 12.1 Å². The second kappa shape index (κ2) is 5.72. The minimum absolute atomic E-state index is 0.279. The maximum Gasteiger partial charge on any atom is 0.224 e. The highest BCUT2D eigenvalue weighted by Crippen LogP contribution is 2.22. The van der Waals surface area contributed by atoms with Crippen LogP contribution in [0.1, 0.15) is 12.8 Å². The molecule has 1 fully saturated rings. The van der Waals surface area contributed by atoms with Crippen molar-refractivity contribution in [2.45, 2.75) is 12.8 Å². The van der Waals surface area contributed by atoms with Gasteiger partial charge in [-0.05, 0) is 42.5 Å². The van der Waals surface area contributed by atoms with E-state index in [1.54, 1.807) is 0 Å². The molecule has 1 aromatic carbocycles. The number of benzene rings is 1. The largest absolute Gasteiger partial charge is 0.381 e. The maximum atomic E-state index is 5.96. The first-order valence-electron chi connectivity index (χ1n) is 6.57. The maximum absolute atomic E-state index is 5.96. The van der Waals surface area contributed by atoms with Gasteiger partial charge in [-0.25, -0.2) is 9.97 Å². The molecular weight excluding hydrogens is 262 g/mol. The zero-order chi connectivity index (χ0) is 13.1. The van der Waals surface area contributed by atoms with Gasteiger partial charge in [0.1, 0.15) is 5.82 Å². The SMILES string of the molecule is Clc1nc(NCC2CCCOC2)c2ccccc2n1. The molecule has 0 spiro atoms. The average molecular weight is 278 g/mol. The Balaban J connectivity index is 1.79. The highest BCUT2D eigenvalue weighted by atomic mass is 35.5. The van der Waals surface area contributed by atoms with Crippen LogP contribution in [0.15, 0.2) is 24.3 Å². The van der Waals surface area contributed by atoms with Crippen LogP contribution in [0.25, 0.3) is 10.9 Å². The fraction of sp³-hybridized carbons (Fsp3) is 0.429. The molecule has 1 atom stereocenters. The Labute approximate surface area is 117 Å². The highest BCUT2D eigenvalue weighted by Gasteiger charge is 2.14. The average Bonchev–Trinajstić information content (AvgIpc) is 2.45. The van der Waals surface area contributed by atoms with Crippen LogP contribution in [0.3, 0.4) is 0 Å². The lowest BCUT2D eigenvalue weighted by molar-refractivity contribution is 0.0595. The molecule has 1 saturated heterocycles. The van der Waals surface area contributed by atoms with E-state index in [0.717, 1.165) is 42.9 Å². The van der Waals surface area contributed by atoms with E-state index >= 15 is 0 Å². The molecule has 3 rings (SSSR count). The van der Waals surface area contributed by atoms with E-state index in [4.69, 9.17) is 16.3 Å². The van der Waals surface area contributed by atoms with Gasteiger partial charge >= 0.3 is 0 Å². The van der Waals surface area contributed by atoms with Gasteiger partial charge < -0.3 is 10.1 Å². The van der Waals surface area contributed by atoms with Crippen molar-refractivity contribution in [3.05, 3.63) is 29.5 Å². The van der Waals surface area contributed by atoms with Crippen LogP contribution in [-0.4, -0.2) is 29.7 Å². The standard InChI is InChI=1S/C14H16ClN3O/c15-14-17-12-6-2-1-5-11(12)13(18-14)16-8-10-4-3-7-19-9-10/h1-2,5-6,10H,3-4,7-9H2,(H,16,17,18). The lowest BCUT2D eigenvalue weighted by Gasteiger charge is -2.22. The topological polar surface area (TPSA) is 47.0 Å². The molecule has 19 heavy (non-hydrogen) atoms. The van der Waals surface area contributed by atoms with Gasteiger partial charge in [-0.2, -0.15) is 0 Å². The number of nitrogens with one attached hydrogen (secondary N) is 1. The first-order valence-corrected chi connectivity index (χ1v) is 6.94. The number of anilines is 1. The van der Waals surface area contributed by atoms with Crippen molar-refractivity contribution < 1.29 is 4.74 Å². The van der Waals surface area contributed by atoms with Crippen LogP contribution in [0.5, 0.6) is 0 Å². The molecule has 0 aliphatic carbocycles. The van der Waals surface area contributed by atoms with Gasteiger partial charge in [0.05, 0.1) is 12.1 Å². The van der Waals surface area contributed by atoms with Crippen molar-refractivity contribution in [2.24, 2.45) is 5.92 Å². The van der Waals surface area contributed by atoms with Crippen LogP contribution < -0.4 is 5.32 Å². The van der Waals surface area contributed by atoms with Gasteiger partial charge in [0.15, 0.2) is 0 Å². The summed E-state index contributed by atoms with van der Waals surface area (Å²) in [4.78, 5) is 8.51. The van der Waals surface area contributed by atoms with E-state index in [-0.39, 0.29) is 5.28 Å². The molecule has 1 aromatic heterocycles.